The Bertz CT molecular complexity index is 657. The van der Waals surface area contributed by atoms with Crippen molar-refractivity contribution in [2.24, 2.45) is 0 Å². The summed E-state index contributed by atoms with van der Waals surface area (Å²) in [5, 5.41) is 5.70. The molecule has 0 spiro atoms. The van der Waals surface area contributed by atoms with E-state index in [4.69, 9.17) is 4.42 Å². The van der Waals surface area contributed by atoms with Crippen LogP contribution in [0.2, 0.25) is 0 Å². The van der Waals surface area contributed by atoms with Gasteiger partial charge in [-0.2, -0.15) is 0 Å². The standard InChI is InChI=1S/C17H21N3O2S/c1-13-4-5-15(22-13)14(20-9-2-3-10-20)12-19-16(21)6-7-17-18-8-11-23-17/h4-8,11,14H,2-3,9-10,12H2,1H3,(H,19,21)/b7-6+. The minimum absolute atomic E-state index is 0.100. The monoisotopic (exact) mass is 331 g/mol. The highest BCUT2D eigenvalue weighted by molar-refractivity contribution is 7.10. The molecule has 6 heteroatoms. The van der Waals surface area contributed by atoms with Gasteiger partial charge in [-0.3, -0.25) is 9.69 Å². The summed E-state index contributed by atoms with van der Waals surface area (Å²) in [5.74, 6) is 1.72. The molecule has 1 aliphatic heterocycles. The second-order valence-electron chi connectivity index (χ2n) is 5.66. The summed E-state index contributed by atoms with van der Waals surface area (Å²) in [4.78, 5) is 18.5. The van der Waals surface area contributed by atoms with Crippen LogP contribution in [0.1, 0.15) is 35.4 Å². The highest BCUT2D eigenvalue weighted by atomic mass is 32.1. The number of likely N-dealkylation sites (tertiary alicyclic amines) is 1. The summed E-state index contributed by atoms with van der Waals surface area (Å²) >= 11 is 1.51. The van der Waals surface area contributed by atoms with Crippen molar-refractivity contribution in [1.82, 2.24) is 15.2 Å². The molecule has 1 atom stereocenters. The number of hydrogen-bond donors (Lipinski definition) is 1. The molecule has 1 fully saturated rings. The van der Waals surface area contributed by atoms with Gasteiger partial charge >= 0.3 is 0 Å². The van der Waals surface area contributed by atoms with Crippen molar-refractivity contribution < 1.29 is 9.21 Å². The Morgan fingerprint density at radius 3 is 2.96 bits per heavy atom. The summed E-state index contributed by atoms with van der Waals surface area (Å²) in [6.45, 7) is 4.60. The second kappa shape index (κ2) is 7.57. The van der Waals surface area contributed by atoms with Crippen molar-refractivity contribution in [2.75, 3.05) is 19.6 Å². The highest BCUT2D eigenvalue weighted by Gasteiger charge is 2.26. The number of amides is 1. The Kier molecular flexibility index (Phi) is 5.25. The molecule has 0 bridgehead atoms. The number of nitrogens with zero attached hydrogens (tertiary/aromatic N) is 2. The van der Waals surface area contributed by atoms with E-state index in [1.807, 2.05) is 24.4 Å². The number of thiazole rings is 1. The van der Waals surface area contributed by atoms with Crippen molar-refractivity contribution in [1.29, 1.82) is 0 Å². The number of carbonyl (C=O) groups is 1. The van der Waals surface area contributed by atoms with E-state index >= 15 is 0 Å². The first-order chi connectivity index (χ1) is 11.2. The first-order valence-electron chi connectivity index (χ1n) is 7.88. The molecule has 1 saturated heterocycles. The summed E-state index contributed by atoms with van der Waals surface area (Å²) in [6, 6.07) is 4.08. The van der Waals surface area contributed by atoms with E-state index in [0.29, 0.717) is 6.54 Å². The van der Waals surface area contributed by atoms with E-state index < -0.39 is 0 Å². The first kappa shape index (κ1) is 16.0. The summed E-state index contributed by atoms with van der Waals surface area (Å²) in [5.41, 5.74) is 0. The molecule has 1 aliphatic rings. The number of nitrogens with one attached hydrogen (secondary N) is 1. The van der Waals surface area contributed by atoms with Crippen molar-refractivity contribution in [2.45, 2.75) is 25.8 Å². The predicted octanol–water partition coefficient (Wildman–Crippen LogP) is 3.01. The van der Waals surface area contributed by atoms with E-state index in [-0.39, 0.29) is 11.9 Å². The van der Waals surface area contributed by atoms with Gasteiger partial charge in [0.25, 0.3) is 0 Å². The van der Waals surface area contributed by atoms with Crippen LogP contribution < -0.4 is 5.32 Å². The quantitative estimate of drug-likeness (QED) is 0.827. The van der Waals surface area contributed by atoms with E-state index in [0.717, 1.165) is 29.6 Å². The average molecular weight is 331 g/mol. The van der Waals surface area contributed by atoms with Gasteiger partial charge in [0.05, 0.1) is 6.04 Å². The SMILES string of the molecule is Cc1ccc(C(CNC(=O)/C=C/c2nccs2)N2CCCC2)o1. The minimum Gasteiger partial charge on any atom is -0.465 e. The van der Waals surface area contributed by atoms with Crippen LogP contribution in [-0.2, 0) is 4.79 Å². The lowest BCUT2D eigenvalue weighted by Crippen LogP contribution is -2.36. The molecule has 2 aromatic heterocycles. The van der Waals surface area contributed by atoms with Crippen molar-refractivity contribution in [3.63, 3.8) is 0 Å². The number of rotatable bonds is 6. The molecule has 5 nitrogen and oxygen atoms in total. The molecular weight excluding hydrogens is 310 g/mol. The smallest absolute Gasteiger partial charge is 0.244 e. The van der Waals surface area contributed by atoms with Crippen LogP contribution in [0.25, 0.3) is 6.08 Å². The predicted molar refractivity (Wildman–Crippen MR) is 91.2 cm³/mol. The minimum atomic E-state index is -0.104. The van der Waals surface area contributed by atoms with Crippen LogP contribution in [0.15, 0.2) is 34.2 Å². The fraction of sp³-hybridized carbons (Fsp3) is 0.412. The molecule has 0 aliphatic carbocycles. The third kappa shape index (κ3) is 4.30. The number of carbonyl (C=O) groups excluding carboxylic acids is 1. The number of aryl methyl sites for hydroxylation is 1. The topological polar surface area (TPSA) is 58.4 Å². The van der Waals surface area contributed by atoms with Crippen LogP contribution >= 0.6 is 11.3 Å². The second-order valence-corrected chi connectivity index (χ2v) is 6.58. The van der Waals surface area contributed by atoms with Crippen molar-refractivity contribution in [3.8, 4) is 0 Å². The van der Waals surface area contributed by atoms with Crippen LogP contribution in [-0.4, -0.2) is 35.4 Å². The Labute approximate surface area is 140 Å². The molecule has 0 saturated carbocycles. The zero-order chi connectivity index (χ0) is 16.1. The molecule has 1 amide bonds. The zero-order valence-electron chi connectivity index (χ0n) is 13.2. The van der Waals surface area contributed by atoms with Crippen LogP contribution in [0, 0.1) is 6.92 Å². The lowest BCUT2D eigenvalue weighted by Gasteiger charge is -2.25. The van der Waals surface area contributed by atoms with Gasteiger partial charge < -0.3 is 9.73 Å². The van der Waals surface area contributed by atoms with Crippen LogP contribution in [0.5, 0.6) is 0 Å². The van der Waals surface area contributed by atoms with Gasteiger partial charge in [0.1, 0.15) is 16.5 Å². The summed E-state index contributed by atoms with van der Waals surface area (Å²) < 4.78 is 5.79. The maximum absolute atomic E-state index is 12.0. The molecule has 2 aromatic rings. The lowest BCUT2D eigenvalue weighted by molar-refractivity contribution is -0.116. The van der Waals surface area contributed by atoms with Crippen LogP contribution in [0.4, 0.5) is 0 Å². The molecule has 3 heterocycles. The van der Waals surface area contributed by atoms with Gasteiger partial charge in [-0.25, -0.2) is 4.98 Å². The molecule has 3 rings (SSSR count). The Hall–Kier alpha value is -1.92. The molecule has 23 heavy (non-hydrogen) atoms. The van der Waals surface area contributed by atoms with E-state index in [1.165, 1.54) is 30.3 Å². The molecule has 0 aromatic carbocycles. The lowest BCUT2D eigenvalue weighted by atomic mass is 10.2. The maximum atomic E-state index is 12.0. The Morgan fingerprint density at radius 1 is 1.48 bits per heavy atom. The van der Waals surface area contributed by atoms with E-state index in [1.54, 1.807) is 12.3 Å². The van der Waals surface area contributed by atoms with E-state index in [9.17, 15) is 4.79 Å². The fourth-order valence-electron chi connectivity index (χ4n) is 2.82. The average Bonchev–Trinajstić information content (AvgIpc) is 3.28. The Balaban J connectivity index is 1.61. The van der Waals surface area contributed by atoms with Crippen molar-refractivity contribution >= 4 is 23.3 Å². The third-order valence-corrected chi connectivity index (χ3v) is 4.71. The number of aromatic nitrogens is 1. The third-order valence-electron chi connectivity index (χ3n) is 3.97. The van der Waals surface area contributed by atoms with Crippen LogP contribution in [0.3, 0.4) is 0 Å². The molecule has 122 valence electrons. The molecule has 1 unspecified atom stereocenters. The van der Waals surface area contributed by atoms with Gasteiger partial charge in [0.2, 0.25) is 5.91 Å². The van der Waals surface area contributed by atoms with Gasteiger partial charge in [0.15, 0.2) is 0 Å². The summed E-state index contributed by atoms with van der Waals surface area (Å²) in [6.07, 6.45) is 7.40. The highest BCUT2D eigenvalue weighted by Crippen LogP contribution is 2.26. The van der Waals surface area contributed by atoms with Gasteiger partial charge in [-0.1, -0.05) is 0 Å². The molecular formula is C17H21N3O2S. The normalized spacial score (nSPS) is 16.9. The molecule has 0 radical (unpaired) electrons. The molecule has 1 N–H and O–H groups in total. The van der Waals surface area contributed by atoms with Gasteiger partial charge in [-0.05, 0) is 51.1 Å². The first-order valence-corrected chi connectivity index (χ1v) is 8.76. The summed E-state index contributed by atoms with van der Waals surface area (Å²) in [7, 11) is 0. The largest absolute Gasteiger partial charge is 0.465 e. The maximum Gasteiger partial charge on any atom is 0.244 e. The van der Waals surface area contributed by atoms with E-state index in [2.05, 4.69) is 15.2 Å². The zero-order valence-corrected chi connectivity index (χ0v) is 14.0. The van der Waals surface area contributed by atoms with Gasteiger partial charge in [-0.15, -0.1) is 11.3 Å². The fourth-order valence-corrected chi connectivity index (χ4v) is 3.34. The van der Waals surface area contributed by atoms with Gasteiger partial charge in [0, 0.05) is 24.2 Å². The number of hydrogen-bond acceptors (Lipinski definition) is 5. The Morgan fingerprint density at radius 2 is 2.30 bits per heavy atom. The number of furan rings is 1. The van der Waals surface area contributed by atoms with Crippen molar-refractivity contribution in [3.05, 3.63) is 46.3 Å².